The van der Waals surface area contributed by atoms with Gasteiger partial charge in [0.25, 0.3) is 5.91 Å². The second kappa shape index (κ2) is 5.56. The van der Waals surface area contributed by atoms with E-state index in [0.29, 0.717) is 5.56 Å². The second-order valence-corrected chi connectivity index (χ2v) is 5.08. The first-order chi connectivity index (χ1) is 10.6. The maximum absolute atomic E-state index is 12.8. The summed E-state index contributed by atoms with van der Waals surface area (Å²) in [6, 6.07) is 14.8. The lowest BCUT2D eigenvalue weighted by Gasteiger charge is -2.08. The fraction of sp³-hybridized carbons (Fsp3) is 0.167. The monoisotopic (exact) mass is 295 g/mol. The topological polar surface area (TPSA) is 40.5 Å². The van der Waals surface area contributed by atoms with Gasteiger partial charge in [-0.15, -0.1) is 0 Å². The summed E-state index contributed by atoms with van der Waals surface area (Å²) in [5.74, 6) is 1.46. The van der Waals surface area contributed by atoms with E-state index in [4.69, 9.17) is 9.47 Å². The average Bonchev–Trinajstić information content (AvgIpc) is 2.89. The van der Waals surface area contributed by atoms with Gasteiger partial charge >= 0.3 is 0 Å². The fourth-order valence-electron chi connectivity index (χ4n) is 2.59. The Kier molecular flexibility index (Phi) is 3.59. The molecule has 0 saturated heterocycles. The Morgan fingerprint density at radius 1 is 0.909 bits per heavy atom. The third kappa shape index (κ3) is 2.33. The normalized spacial score (nSPS) is 10.7. The number of hydrogen-bond acceptors (Lipinski definition) is 3. The zero-order valence-corrected chi connectivity index (χ0v) is 12.8. The molecule has 0 amide bonds. The molecular formula is C18H17NO3. The van der Waals surface area contributed by atoms with E-state index < -0.39 is 0 Å². The number of aryl methyl sites for hydroxylation is 1. The molecule has 4 heteroatoms. The Morgan fingerprint density at radius 3 is 2.18 bits per heavy atom. The van der Waals surface area contributed by atoms with Gasteiger partial charge in [-0.3, -0.25) is 9.36 Å². The van der Waals surface area contributed by atoms with E-state index in [1.165, 1.54) is 0 Å². The van der Waals surface area contributed by atoms with Crippen molar-refractivity contribution < 1.29 is 14.3 Å². The van der Waals surface area contributed by atoms with Crippen LogP contribution in [0.1, 0.15) is 16.1 Å². The highest BCUT2D eigenvalue weighted by Gasteiger charge is 2.15. The quantitative estimate of drug-likeness (QED) is 0.740. The SMILES string of the molecule is COc1ccc(C(=O)n2c(C)cc3cc(OC)ccc32)cc1. The Labute approximate surface area is 128 Å². The molecule has 0 fully saturated rings. The standard InChI is InChI=1S/C18H17NO3/c1-12-10-14-11-16(22-3)8-9-17(14)19(12)18(20)13-4-6-15(21-2)7-5-13/h4-11H,1-3H3. The van der Waals surface area contributed by atoms with Crippen LogP contribution in [-0.4, -0.2) is 24.7 Å². The van der Waals surface area contributed by atoms with Gasteiger partial charge in [-0.05, 0) is 55.5 Å². The van der Waals surface area contributed by atoms with Crippen molar-refractivity contribution >= 4 is 16.8 Å². The van der Waals surface area contributed by atoms with Gasteiger partial charge in [-0.25, -0.2) is 0 Å². The van der Waals surface area contributed by atoms with Crippen LogP contribution < -0.4 is 9.47 Å². The van der Waals surface area contributed by atoms with Gasteiger partial charge < -0.3 is 9.47 Å². The summed E-state index contributed by atoms with van der Waals surface area (Å²) in [4.78, 5) is 12.8. The number of nitrogens with zero attached hydrogens (tertiary/aromatic N) is 1. The third-order valence-electron chi connectivity index (χ3n) is 3.73. The van der Waals surface area contributed by atoms with Crippen LogP contribution in [0.5, 0.6) is 11.5 Å². The summed E-state index contributed by atoms with van der Waals surface area (Å²) < 4.78 is 12.1. The van der Waals surface area contributed by atoms with E-state index in [2.05, 4.69) is 0 Å². The maximum atomic E-state index is 12.8. The Bertz CT molecular complexity index is 831. The fourth-order valence-corrected chi connectivity index (χ4v) is 2.59. The first-order valence-corrected chi connectivity index (χ1v) is 6.99. The lowest BCUT2D eigenvalue weighted by Crippen LogP contribution is -2.13. The summed E-state index contributed by atoms with van der Waals surface area (Å²) in [7, 11) is 3.24. The minimum Gasteiger partial charge on any atom is -0.497 e. The van der Waals surface area contributed by atoms with Gasteiger partial charge in [0.2, 0.25) is 0 Å². The number of fused-ring (bicyclic) bond motifs is 1. The first kappa shape index (κ1) is 14.2. The van der Waals surface area contributed by atoms with E-state index in [0.717, 1.165) is 28.1 Å². The minimum atomic E-state index is -0.0553. The Hall–Kier alpha value is -2.75. The van der Waals surface area contributed by atoms with Crippen molar-refractivity contribution in [1.29, 1.82) is 0 Å². The molecule has 0 saturated carbocycles. The highest BCUT2D eigenvalue weighted by atomic mass is 16.5. The highest BCUT2D eigenvalue weighted by Crippen LogP contribution is 2.25. The molecule has 0 bridgehead atoms. The van der Waals surface area contributed by atoms with Crippen LogP contribution in [0.4, 0.5) is 0 Å². The zero-order valence-electron chi connectivity index (χ0n) is 12.8. The van der Waals surface area contributed by atoms with Crippen LogP contribution in [0.15, 0.2) is 48.5 Å². The van der Waals surface area contributed by atoms with Crippen LogP contribution in [0.25, 0.3) is 10.9 Å². The summed E-state index contributed by atoms with van der Waals surface area (Å²) in [6.45, 7) is 1.92. The summed E-state index contributed by atoms with van der Waals surface area (Å²) in [5.41, 5.74) is 2.39. The van der Waals surface area contributed by atoms with E-state index in [-0.39, 0.29) is 5.91 Å². The average molecular weight is 295 g/mol. The molecule has 4 nitrogen and oxygen atoms in total. The number of carbonyl (C=O) groups is 1. The van der Waals surface area contributed by atoms with Crippen LogP contribution in [0, 0.1) is 6.92 Å². The molecule has 0 spiro atoms. The van der Waals surface area contributed by atoms with Gasteiger partial charge in [0.1, 0.15) is 11.5 Å². The van der Waals surface area contributed by atoms with Gasteiger partial charge in [0.05, 0.1) is 19.7 Å². The summed E-state index contributed by atoms with van der Waals surface area (Å²) in [5, 5.41) is 0.985. The molecule has 0 aliphatic rings. The van der Waals surface area contributed by atoms with Gasteiger partial charge in [-0.1, -0.05) is 0 Å². The molecule has 3 aromatic rings. The molecule has 1 heterocycles. The first-order valence-electron chi connectivity index (χ1n) is 6.99. The smallest absolute Gasteiger partial charge is 0.262 e. The molecule has 3 rings (SSSR count). The van der Waals surface area contributed by atoms with Crippen LogP contribution in [0.2, 0.25) is 0 Å². The number of ether oxygens (including phenoxy) is 2. The highest BCUT2D eigenvalue weighted by molar-refractivity contribution is 6.03. The molecule has 0 atom stereocenters. The van der Waals surface area contributed by atoms with Crippen LogP contribution >= 0.6 is 0 Å². The van der Waals surface area contributed by atoms with E-state index in [9.17, 15) is 4.79 Å². The molecule has 0 N–H and O–H groups in total. The van der Waals surface area contributed by atoms with Crippen molar-refractivity contribution in [2.24, 2.45) is 0 Å². The molecule has 0 unspecified atom stereocenters. The van der Waals surface area contributed by atoms with Crippen molar-refractivity contribution in [3.63, 3.8) is 0 Å². The molecule has 2 aromatic carbocycles. The number of carbonyl (C=O) groups excluding carboxylic acids is 1. The molecule has 112 valence electrons. The number of aromatic nitrogens is 1. The molecular weight excluding hydrogens is 278 g/mol. The van der Waals surface area contributed by atoms with E-state index >= 15 is 0 Å². The van der Waals surface area contributed by atoms with Gasteiger partial charge in [0, 0.05) is 16.6 Å². The Morgan fingerprint density at radius 2 is 1.55 bits per heavy atom. The predicted octanol–water partition coefficient (Wildman–Crippen LogP) is 3.66. The Balaban J connectivity index is 2.08. The number of benzene rings is 2. The van der Waals surface area contributed by atoms with E-state index in [1.807, 2.05) is 31.2 Å². The summed E-state index contributed by atoms with van der Waals surface area (Å²) in [6.07, 6.45) is 0. The maximum Gasteiger partial charge on any atom is 0.262 e. The lowest BCUT2D eigenvalue weighted by molar-refractivity contribution is 0.0963. The third-order valence-corrected chi connectivity index (χ3v) is 3.73. The van der Waals surface area contributed by atoms with Crippen molar-refractivity contribution in [3.8, 4) is 11.5 Å². The zero-order chi connectivity index (χ0) is 15.7. The summed E-state index contributed by atoms with van der Waals surface area (Å²) >= 11 is 0. The molecule has 22 heavy (non-hydrogen) atoms. The molecule has 0 aliphatic carbocycles. The van der Waals surface area contributed by atoms with Gasteiger partial charge in [-0.2, -0.15) is 0 Å². The van der Waals surface area contributed by atoms with Crippen molar-refractivity contribution in [2.45, 2.75) is 6.92 Å². The largest absolute Gasteiger partial charge is 0.497 e. The molecule has 0 aliphatic heterocycles. The lowest BCUT2D eigenvalue weighted by atomic mass is 10.2. The number of methoxy groups -OCH3 is 2. The van der Waals surface area contributed by atoms with E-state index in [1.54, 1.807) is 43.1 Å². The van der Waals surface area contributed by atoms with Gasteiger partial charge in [0.15, 0.2) is 0 Å². The van der Waals surface area contributed by atoms with Crippen molar-refractivity contribution in [1.82, 2.24) is 4.57 Å². The minimum absolute atomic E-state index is 0.0553. The van der Waals surface area contributed by atoms with Crippen LogP contribution in [0.3, 0.4) is 0 Å². The van der Waals surface area contributed by atoms with Crippen molar-refractivity contribution in [2.75, 3.05) is 14.2 Å². The number of rotatable bonds is 3. The predicted molar refractivity (Wildman–Crippen MR) is 85.9 cm³/mol. The second-order valence-electron chi connectivity index (χ2n) is 5.08. The van der Waals surface area contributed by atoms with Crippen molar-refractivity contribution in [3.05, 3.63) is 59.8 Å². The molecule has 0 radical (unpaired) electrons. The van der Waals surface area contributed by atoms with Crippen LogP contribution in [-0.2, 0) is 0 Å². The molecule has 1 aromatic heterocycles. The number of hydrogen-bond donors (Lipinski definition) is 0.